The zero-order valence-corrected chi connectivity index (χ0v) is 15.4. The van der Waals surface area contributed by atoms with Gasteiger partial charge in [0.2, 0.25) is 17.7 Å². The molecule has 1 saturated carbocycles. The zero-order valence-electron chi connectivity index (χ0n) is 15.4. The first-order valence-corrected chi connectivity index (χ1v) is 9.32. The third-order valence-electron chi connectivity index (χ3n) is 6.29. The SMILES string of the molecule is Cc1cccc(C)c1NC(=O)[C@H](C)N1C(=O)[C@@H]2[C@H](C1=O)[C@H]1C=C[C@H]2CC1. The van der Waals surface area contributed by atoms with E-state index in [-0.39, 0.29) is 41.4 Å². The van der Waals surface area contributed by atoms with Crippen LogP contribution in [0.4, 0.5) is 5.69 Å². The standard InChI is InChI=1S/C21H24N2O3/c1-11-5-4-6-12(2)18(11)22-19(24)13(3)23-20(25)16-14-7-8-15(10-9-14)17(16)21(23)26/h4-8,13-17H,9-10H2,1-3H3,(H,22,24)/t13-,14-,15-,16-,17+/m0/s1. The Morgan fingerprint density at radius 2 is 1.54 bits per heavy atom. The second-order valence-electron chi connectivity index (χ2n) is 7.82. The number of fused-ring (bicyclic) bond motifs is 1. The molecule has 0 radical (unpaired) electrons. The van der Waals surface area contributed by atoms with Gasteiger partial charge in [0.15, 0.2) is 0 Å². The number of aryl methyl sites for hydroxylation is 2. The summed E-state index contributed by atoms with van der Waals surface area (Å²) >= 11 is 0. The smallest absolute Gasteiger partial charge is 0.247 e. The van der Waals surface area contributed by atoms with E-state index in [0.29, 0.717) is 0 Å². The quantitative estimate of drug-likeness (QED) is 0.672. The second-order valence-corrected chi connectivity index (χ2v) is 7.82. The van der Waals surface area contributed by atoms with E-state index >= 15 is 0 Å². The van der Waals surface area contributed by atoms with E-state index < -0.39 is 6.04 Å². The van der Waals surface area contributed by atoms with E-state index in [4.69, 9.17) is 0 Å². The van der Waals surface area contributed by atoms with Crippen LogP contribution in [-0.4, -0.2) is 28.7 Å². The fourth-order valence-electron chi connectivity index (χ4n) is 4.84. The van der Waals surface area contributed by atoms with E-state index in [1.165, 1.54) is 4.90 Å². The molecule has 136 valence electrons. The lowest BCUT2D eigenvalue weighted by molar-refractivity contribution is -0.146. The molecule has 1 aliphatic heterocycles. The summed E-state index contributed by atoms with van der Waals surface area (Å²) in [7, 11) is 0. The van der Waals surface area contributed by atoms with Crippen molar-refractivity contribution in [3.8, 4) is 0 Å². The molecule has 1 aromatic rings. The highest BCUT2D eigenvalue weighted by Gasteiger charge is 2.58. The summed E-state index contributed by atoms with van der Waals surface area (Å²) in [5, 5.41) is 2.91. The van der Waals surface area contributed by atoms with Crippen molar-refractivity contribution in [1.29, 1.82) is 0 Å². The number of imide groups is 1. The lowest BCUT2D eigenvalue weighted by Crippen LogP contribution is -2.46. The lowest BCUT2D eigenvalue weighted by atomic mass is 9.63. The van der Waals surface area contributed by atoms with Crippen molar-refractivity contribution >= 4 is 23.4 Å². The summed E-state index contributed by atoms with van der Waals surface area (Å²) in [4.78, 5) is 40.0. The average Bonchev–Trinajstić information content (AvgIpc) is 2.91. The van der Waals surface area contributed by atoms with E-state index in [9.17, 15) is 14.4 Å². The molecule has 5 nitrogen and oxygen atoms in total. The van der Waals surface area contributed by atoms with Gasteiger partial charge in [-0.15, -0.1) is 0 Å². The normalized spacial score (nSPS) is 30.5. The summed E-state index contributed by atoms with van der Waals surface area (Å²) in [6.45, 7) is 5.50. The first-order valence-electron chi connectivity index (χ1n) is 9.32. The van der Waals surface area contributed by atoms with Crippen LogP contribution in [0.5, 0.6) is 0 Å². The summed E-state index contributed by atoms with van der Waals surface area (Å²) < 4.78 is 0. The predicted molar refractivity (Wildman–Crippen MR) is 98.2 cm³/mol. The number of nitrogens with zero attached hydrogens (tertiary/aromatic N) is 1. The monoisotopic (exact) mass is 352 g/mol. The predicted octanol–water partition coefficient (Wildman–Crippen LogP) is 2.83. The maximum Gasteiger partial charge on any atom is 0.247 e. The molecule has 1 N–H and O–H groups in total. The molecule has 1 saturated heterocycles. The number of likely N-dealkylation sites (tertiary alicyclic amines) is 1. The van der Waals surface area contributed by atoms with Crippen LogP contribution in [0.1, 0.15) is 30.9 Å². The highest BCUT2D eigenvalue weighted by Crippen LogP contribution is 2.50. The molecular weight excluding hydrogens is 328 g/mol. The van der Waals surface area contributed by atoms with Crippen molar-refractivity contribution < 1.29 is 14.4 Å². The van der Waals surface area contributed by atoms with Gasteiger partial charge >= 0.3 is 0 Å². The van der Waals surface area contributed by atoms with E-state index in [1.54, 1.807) is 6.92 Å². The van der Waals surface area contributed by atoms with Crippen molar-refractivity contribution in [2.24, 2.45) is 23.7 Å². The van der Waals surface area contributed by atoms with Gasteiger partial charge in [-0.1, -0.05) is 30.4 Å². The maximum atomic E-state index is 13.0. The zero-order chi connectivity index (χ0) is 18.6. The molecule has 0 spiro atoms. The Bertz CT molecular complexity index is 776. The molecule has 5 atom stereocenters. The first kappa shape index (κ1) is 17.0. The minimum Gasteiger partial charge on any atom is -0.324 e. The minimum absolute atomic E-state index is 0.139. The number of allylic oxidation sites excluding steroid dienone is 2. The van der Waals surface area contributed by atoms with Crippen molar-refractivity contribution in [2.45, 2.75) is 39.7 Å². The summed E-state index contributed by atoms with van der Waals surface area (Å²) in [6, 6.07) is 4.98. The number of para-hydroxylation sites is 1. The maximum absolute atomic E-state index is 13.0. The minimum atomic E-state index is -0.806. The molecule has 2 bridgehead atoms. The third-order valence-corrected chi connectivity index (χ3v) is 6.29. The molecule has 3 amide bonds. The fourth-order valence-corrected chi connectivity index (χ4v) is 4.84. The molecule has 1 aromatic carbocycles. The third kappa shape index (κ3) is 2.41. The lowest BCUT2D eigenvalue weighted by Gasteiger charge is -2.38. The van der Waals surface area contributed by atoms with Gasteiger partial charge in [0.1, 0.15) is 6.04 Å². The van der Waals surface area contributed by atoms with Gasteiger partial charge in [0.25, 0.3) is 0 Å². The summed E-state index contributed by atoms with van der Waals surface area (Å²) in [5.41, 5.74) is 2.67. The number of rotatable bonds is 3. The molecule has 2 fully saturated rings. The van der Waals surface area contributed by atoms with Gasteiger partial charge in [0, 0.05) is 5.69 Å². The number of hydrogen-bond acceptors (Lipinski definition) is 3. The number of carbonyl (C=O) groups is 3. The highest BCUT2D eigenvalue weighted by molar-refractivity contribution is 6.10. The van der Waals surface area contributed by atoms with Gasteiger partial charge in [-0.2, -0.15) is 0 Å². The number of carbonyl (C=O) groups excluding carboxylic acids is 3. The molecule has 3 aliphatic carbocycles. The molecular formula is C21H24N2O3. The fraction of sp³-hybridized carbons (Fsp3) is 0.476. The van der Waals surface area contributed by atoms with Crippen LogP contribution < -0.4 is 5.32 Å². The van der Waals surface area contributed by atoms with Crippen LogP contribution in [0.25, 0.3) is 0 Å². The number of benzene rings is 1. The highest BCUT2D eigenvalue weighted by atomic mass is 16.2. The Kier molecular flexibility index (Phi) is 3.98. The van der Waals surface area contributed by atoms with E-state index in [1.807, 2.05) is 32.0 Å². The average molecular weight is 352 g/mol. The molecule has 5 heteroatoms. The molecule has 4 aliphatic rings. The number of nitrogens with one attached hydrogen (secondary N) is 1. The molecule has 5 rings (SSSR count). The van der Waals surface area contributed by atoms with Crippen LogP contribution in [0.3, 0.4) is 0 Å². The summed E-state index contributed by atoms with van der Waals surface area (Å²) in [5.74, 6) is -0.946. The Balaban J connectivity index is 1.57. The van der Waals surface area contributed by atoms with Gasteiger partial charge in [-0.3, -0.25) is 19.3 Å². The van der Waals surface area contributed by atoms with Crippen LogP contribution in [0.15, 0.2) is 30.4 Å². The largest absolute Gasteiger partial charge is 0.324 e. The van der Waals surface area contributed by atoms with Crippen LogP contribution in [-0.2, 0) is 14.4 Å². The van der Waals surface area contributed by atoms with Crippen molar-refractivity contribution in [3.63, 3.8) is 0 Å². The molecule has 0 unspecified atom stereocenters. The Hall–Kier alpha value is -2.43. The Morgan fingerprint density at radius 1 is 1.04 bits per heavy atom. The van der Waals surface area contributed by atoms with Gasteiger partial charge in [-0.05, 0) is 56.6 Å². The van der Waals surface area contributed by atoms with Crippen molar-refractivity contribution in [2.75, 3.05) is 5.32 Å². The molecule has 26 heavy (non-hydrogen) atoms. The van der Waals surface area contributed by atoms with Crippen LogP contribution in [0, 0.1) is 37.5 Å². The van der Waals surface area contributed by atoms with E-state index in [2.05, 4.69) is 17.5 Å². The van der Waals surface area contributed by atoms with Gasteiger partial charge in [0.05, 0.1) is 11.8 Å². The molecule has 0 aromatic heterocycles. The van der Waals surface area contributed by atoms with Crippen LogP contribution >= 0.6 is 0 Å². The van der Waals surface area contributed by atoms with Gasteiger partial charge in [-0.25, -0.2) is 0 Å². The Labute approximate surface area is 153 Å². The van der Waals surface area contributed by atoms with Gasteiger partial charge < -0.3 is 5.32 Å². The second kappa shape index (κ2) is 6.08. The Morgan fingerprint density at radius 3 is 2.00 bits per heavy atom. The first-order chi connectivity index (χ1) is 12.4. The molecule has 1 heterocycles. The number of amides is 3. The van der Waals surface area contributed by atoms with Crippen molar-refractivity contribution in [1.82, 2.24) is 4.90 Å². The van der Waals surface area contributed by atoms with Crippen LogP contribution in [0.2, 0.25) is 0 Å². The van der Waals surface area contributed by atoms with E-state index in [0.717, 1.165) is 29.7 Å². The van der Waals surface area contributed by atoms with Crippen molar-refractivity contribution in [3.05, 3.63) is 41.5 Å². The number of anilines is 1. The summed E-state index contributed by atoms with van der Waals surface area (Å²) in [6.07, 6.45) is 6.09. The number of hydrogen-bond donors (Lipinski definition) is 1. The topological polar surface area (TPSA) is 66.5 Å².